The minimum Gasteiger partial charge on any atom is -0.441 e. The van der Waals surface area contributed by atoms with E-state index in [9.17, 15) is 10.1 Å². The molecule has 1 amide bonds. The highest BCUT2D eigenvalue weighted by molar-refractivity contribution is 6.09. The van der Waals surface area contributed by atoms with Gasteiger partial charge in [0, 0.05) is 30.9 Å². The second kappa shape index (κ2) is 7.05. The van der Waals surface area contributed by atoms with E-state index in [4.69, 9.17) is 4.42 Å². The third-order valence-corrected chi connectivity index (χ3v) is 3.96. The van der Waals surface area contributed by atoms with Crippen LogP contribution in [0.1, 0.15) is 24.2 Å². The molecule has 24 heavy (non-hydrogen) atoms. The maximum absolute atomic E-state index is 12.3. The second-order valence-electron chi connectivity index (χ2n) is 5.86. The molecule has 1 N–H and O–H groups in total. The van der Waals surface area contributed by atoms with Gasteiger partial charge in [0.2, 0.25) is 0 Å². The first-order valence-corrected chi connectivity index (χ1v) is 8.00. The van der Waals surface area contributed by atoms with Gasteiger partial charge >= 0.3 is 0 Å². The Morgan fingerprint density at radius 3 is 2.79 bits per heavy atom. The number of nitrogens with one attached hydrogen (secondary N) is 1. The number of rotatable bonds is 4. The SMILES string of the molecule is Cc1cccc(NC(=O)/C(C#N)=C\c2ccc(N3CCCC3)o2)c1. The van der Waals surface area contributed by atoms with Gasteiger partial charge in [0.05, 0.1) is 0 Å². The van der Waals surface area contributed by atoms with Crippen molar-refractivity contribution in [3.8, 4) is 6.07 Å². The zero-order valence-corrected chi connectivity index (χ0v) is 13.6. The molecule has 3 rings (SSSR count). The number of nitriles is 1. The molecule has 0 unspecified atom stereocenters. The fourth-order valence-electron chi connectivity index (χ4n) is 2.74. The molecule has 0 bridgehead atoms. The molecule has 0 aliphatic carbocycles. The van der Waals surface area contributed by atoms with E-state index < -0.39 is 5.91 Å². The van der Waals surface area contributed by atoms with Crippen molar-refractivity contribution in [2.75, 3.05) is 23.3 Å². The van der Waals surface area contributed by atoms with E-state index in [2.05, 4.69) is 10.2 Å². The molecule has 0 saturated carbocycles. The highest BCUT2D eigenvalue weighted by Crippen LogP contribution is 2.24. The van der Waals surface area contributed by atoms with Crippen LogP contribution in [0, 0.1) is 18.3 Å². The molecular formula is C19H19N3O2. The van der Waals surface area contributed by atoms with Crippen LogP contribution in [0.4, 0.5) is 11.6 Å². The van der Waals surface area contributed by atoms with Crippen molar-refractivity contribution in [1.29, 1.82) is 5.26 Å². The van der Waals surface area contributed by atoms with Gasteiger partial charge in [-0.05, 0) is 43.5 Å². The summed E-state index contributed by atoms with van der Waals surface area (Å²) in [5, 5.41) is 12.0. The molecule has 1 aromatic carbocycles. The van der Waals surface area contributed by atoms with E-state index in [1.165, 1.54) is 6.08 Å². The van der Waals surface area contributed by atoms with Gasteiger partial charge in [-0.15, -0.1) is 0 Å². The molecule has 1 aliphatic rings. The number of aryl methyl sites for hydroxylation is 1. The molecule has 2 aromatic rings. The van der Waals surface area contributed by atoms with Gasteiger partial charge in [-0.25, -0.2) is 0 Å². The Balaban J connectivity index is 1.74. The zero-order chi connectivity index (χ0) is 16.9. The molecule has 1 aliphatic heterocycles. The van der Waals surface area contributed by atoms with Crippen LogP contribution in [0.3, 0.4) is 0 Å². The molecule has 2 heterocycles. The van der Waals surface area contributed by atoms with E-state index in [0.717, 1.165) is 37.4 Å². The van der Waals surface area contributed by atoms with Crippen LogP contribution >= 0.6 is 0 Å². The van der Waals surface area contributed by atoms with E-state index in [1.807, 2.05) is 37.3 Å². The fourth-order valence-corrected chi connectivity index (χ4v) is 2.74. The van der Waals surface area contributed by atoms with Crippen LogP contribution in [0.2, 0.25) is 0 Å². The van der Waals surface area contributed by atoms with Crippen LogP contribution in [0.25, 0.3) is 6.08 Å². The Morgan fingerprint density at radius 2 is 2.08 bits per heavy atom. The van der Waals surface area contributed by atoms with Gasteiger partial charge in [-0.2, -0.15) is 5.26 Å². The second-order valence-corrected chi connectivity index (χ2v) is 5.86. The van der Waals surface area contributed by atoms with Crippen molar-refractivity contribution in [3.05, 3.63) is 53.3 Å². The Labute approximate surface area is 141 Å². The van der Waals surface area contributed by atoms with Crippen molar-refractivity contribution in [2.24, 2.45) is 0 Å². The van der Waals surface area contributed by atoms with Gasteiger partial charge in [-0.3, -0.25) is 4.79 Å². The number of carbonyl (C=O) groups is 1. The Morgan fingerprint density at radius 1 is 1.29 bits per heavy atom. The molecule has 122 valence electrons. The lowest BCUT2D eigenvalue weighted by Gasteiger charge is -2.12. The molecule has 1 aromatic heterocycles. The Bertz CT molecular complexity index is 808. The van der Waals surface area contributed by atoms with Crippen molar-refractivity contribution in [2.45, 2.75) is 19.8 Å². The molecule has 1 fully saturated rings. The summed E-state index contributed by atoms with van der Waals surface area (Å²) < 4.78 is 5.74. The molecule has 5 nitrogen and oxygen atoms in total. The van der Waals surface area contributed by atoms with Gasteiger partial charge in [0.1, 0.15) is 17.4 Å². The molecule has 1 saturated heterocycles. The lowest BCUT2D eigenvalue weighted by Crippen LogP contribution is -2.16. The van der Waals surface area contributed by atoms with Crippen molar-refractivity contribution in [3.63, 3.8) is 0 Å². The van der Waals surface area contributed by atoms with Crippen LogP contribution in [0.15, 0.2) is 46.4 Å². The number of anilines is 2. The topological polar surface area (TPSA) is 69.3 Å². The minimum absolute atomic E-state index is 0.0128. The summed E-state index contributed by atoms with van der Waals surface area (Å²) >= 11 is 0. The van der Waals surface area contributed by atoms with Gasteiger partial charge in [-0.1, -0.05) is 12.1 Å². The monoisotopic (exact) mass is 321 g/mol. The van der Waals surface area contributed by atoms with Crippen molar-refractivity contribution >= 4 is 23.6 Å². The molecule has 5 heteroatoms. The van der Waals surface area contributed by atoms with Gasteiger partial charge < -0.3 is 14.6 Å². The number of benzene rings is 1. The largest absolute Gasteiger partial charge is 0.441 e. The third kappa shape index (κ3) is 3.66. The minimum atomic E-state index is -0.442. The number of hydrogen-bond donors (Lipinski definition) is 1. The standard InChI is InChI=1S/C19H19N3O2/c1-14-5-4-6-16(11-14)21-19(23)15(13-20)12-17-7-8-18(24-17)22-9-2-3-10-22/h4-8,11-12H,2-3,9-10H2,1H3,(H,21,23)/b15-12-. The Kier molecular flexibility index (Phi) is 4.66. The Hall–Kier alpha value is -3.00. The summed E-state index contributed by atoms with van der Waals surface area (Å²) in [7, 11) is 0. The average Bonchev–Trinajstić information content (AvgIpc) is 3.23. The van der Waals surface area contributed by atoms with Crippen molar-refractivity contribution in [1.82, 2.24) is 0 Å². The van der Waals surface area contributed by atoms with Gasteiger partial charge in [0.25, 0.3) is 5.91 Å². The van der Waals surface area contributed by atoms with Gasteiger partial charge in [0.15, 0.2) is 5.88 Å². The normalized spacial score (nSPS) is 14.5. The summed E-state index contributed by atoms with van der Waals surface area (Å²) in [5.41, 5.74) is 1.72. The predicted octanol–water partition coefficient (Wildman–Crippen LogP) is 3.73. The summed E-state index contributed by atoms with van der Waals surface area (Å²) in [6, 6.07) is 13.0. The first-order chi connectivity index (χ1) is 11.7. The predicted molar refractivity (Wildman–Crippen MR) is 93.6 cm³/mol. The molecule has 0 atom stereocenters. The number of amides is 1. The molecule has 0 spiro atoms. The van der Waals surface area contributed by atoms with E-state index >= 15 is 0 Å². The molecule has 0 radical (unpaired) electrons. The maximum Gasteiger partial charge on any atom is 0.266 e. The highest BCUT2D eigenvalue weighted by atomic mass is 16.4. The summed E-state index contributed by atoms with van der Waals surface area (Å²) in [4.78, 5) is 14.4. The number of carbonyl (C=O) groups excluding carboxylic acids is 1. The molecular weight excluding hydrogens is 302 g/mol. The highest BCUT2D eigenvalue weighted by Gasteiger charge is 2.16. The van der Waals surface area contributed by atoms with E-state index in [0.29, 0.717) is 11.4 Å². The van der Waals surface area contributed by atoms with Crippen LogP contribution < -0.4 is 10.2 Å². The zero-order valence-electron chi connectivity index (χ0n) is 13.6. The third-order valence-electron chi connectivity index (χ3n) is 3.96. The lowest BCUT2D eigenvalue weighted by atomic mass is 10.2. The number of furan rings is 1. The smallest absolute Gasteiger partial charge is 0.266 e. The average molecular weight is 321 g/mol. The van der Waals surface area contributed by atoms with Crippen molar-refractivity contribution < 1.29 is 9.21 Å². The summed E-state index contributed by atoms with van der Waals surface area (Å²) in [5.74, 6) is 0.852. The maximum atomic E-state index is 12.3. The lowest BCUT2D eigenvalue weighted by molar-refractivity contribution is -0.112. The van der Waals surface area contributed by atoms with E-state index in [-0.39, 0.29) is 5.57 Å². The number of hydrogen-bond acceptors (Lipinski definition) is 4. The fraction of sp³-hybridized carbons (Fsp3) is 0.263. The first-order valence-electron chi connectivity index (χ1n) is 8.00. The van der Waals surface area contributed by atoms with Crippen LogP contribution in [-0.2, 0) is 4.79 Å². The quantitative estimate of drug-likeness (QED) is 0.688. The van der Waals surface area contributed by atoms with Crippen LogP contribution in [-0.4, -0.2) is 19.0 Å². The first kappa shape index (κ1) is 15.9. The summed E-state index contributed by atoms with van der Waals surface area (Å²) in [6.45, 7) is 3.91. The van der Waals surface area contributed by atoms with E-state index in [1.54, 1.807) is 12.1 Å². The number of nitrogens with zero attached hydrogens (tertiary/aromatic N) is 2. The summed E-state index contributed by atoms with van der Waals surface area (Å²) in [6.07, 6.45) is 3.80. The van der Waals surface area contributed by atoms with Crippen LogP contribution in [0.5, 0.6) is 0 Å².